The number of halogens is 2. The maximum Gasteiger partial charge on any atom is 0.187 e. The van der Waals surface area contributed by atoms with Crippen molar-refractivity contribution in [3.63, 3.8) is 0 Å². The second-order valence-electron chi connectivity index (χ2n) is 0. The summed E-state index contributed by atoms with van der Waals surface area (Å²) in [5.41, 5.74) is 0. The molecule has 1 nitrogen and oxygen atoms in total. The van der Waals surface area contributed by atoms with Crippen molar-refractivity contribution in [2.24, 2.45) is 0 Å². The summed E-state index contributed by atoms with van der Waals surface area (Å²) in [6.45, 7) is 0. The predicted octanol–water partition coefficient (Wildman–Crippen LogP) is -0.732. The quantitative estimate of drug-likeness (QED) is 0.434. The van der Waals surface area contributed by atoms with Crippen LogP contribution in [0.4, 0.5) is 0 Å². The Kier molecular flexibility index (Phi) is 532. The maximum atomic E-state index is 7.00. The molecule has 36 valence electrons. The van der Waals surface area contributed by atoms with Crippen LogP contribution in [0.5, 0.6) is 0 Å². The Bertz CT molecular complexity index is 9.61. The summed E-state index contributed by atoms with van der Waals surface area (Å²) < 4.78 is 0. The van der Waals surface area contributed by atoms with E-state index in [1.165, 1.54) is 0 Å². The molecule has 0 aliphatic carbocycles. The molecule has 1 N–H and O–H groups in total. The van der Waals surface area contributed by atoms with Crippen LogP contribution in [0, 0.1) is 0 Å². The van der Waals surface area contributed by atoms with E-state index in [0.717, 1.165) is 7.11 Å². The maximum absolute atomic E-state index is 7.00. The first-order chi connectivity index (χ1) is 1.00. The Labute approximate surface area is 54.7 Å². The number of hydrogen-bond acceptors (Lipinski definition) is 1. The molecular formula is CH9AlCl2O. The molecule has 5 heavy (non-hydrogen) atoms. The van der Waals surface area contributed by atoms with Gasteiger partial charge in [-0.1, -0.05) is 0 Å². The highest BCUT2D eigenvalue weighted by Gasteiger charge is 0.839. The molecule has 4 heteroatoms. The zero-order chi connectivity index (χ0) is 2.00. The van der Waals surface area contributed by atoms with Crippen LogP contribution in [0.3, 0.4) is 0 Å². The van der Waals surface area contributed by atoms with Crippen molar-refractivity contribution in [1.82, 2.24) is 0 Å². The number of rotatable bonds is 0. The minimum atomic E-state index is 0. The minimum Gasteiger partial charge on any atom is -0.400 e. The van der Waals surface area contributed by atoms with E-state index in [1.54, 1.807) is 0 Å². The average Bonchev–Trinajstić information content (AvgIpc) is 1.00. The lowest BCUT2D eigenvalue weighted by molar-refractivity contribution is 0.399. The lowest BCUT2D eigenvalue weighted by Gasteiger charge is -1.21. The van der Waals surface area contributed by atoms with E-state index in [1.807, 2.05) is 0 Å². The highest BCUT2D eigenvalue weighted by molar-refractivity contribution is 5.85. The molecule has 0 aliphatic rings. The molecule has 0 rings (SSSR count). The molecule has 0 aromatic heterocycles. The van der Waals surface area contributed by atoms with Crippen LogP contribution in [0.2, 0.25) is 0 Å². The van der Waals surface area contributed by atoms with E-state index in [4.69, 9.17) is 5.11 Å². The molecule has 0 fully saturated rings. The third-order valence-electron chi connectivity index (χ3n) is 0. The second kappa shape index (κ2) is 73.1. The van der Waals surface area contributed by atoms with Crippen LogP contribution in [0.15, 0.2) is 0 Å². The Hall–Kier alpha value is 1.07. The van der Waals surface area contributed by atoms with Crippen LogP contribution in [0.1, 0.15) is 0 Å². The van der Waals surface area contributed by atoms with E-state index in [9.17, 15) is 0 Å². The summed E-state index contributed by atoms with van der Waals surface area (Å²) in [6.07, 6.45) is 0. The van der Waals surface area contributed by atoms with Crippen molar-refractivity contribution >= 4 is 42.2 Å². The third-order valence-corrected chi connectivity index (χ3v) is 0. The van der Waals surface area contributed by atoms with E-state index in [-0.39, 0.29) is 42.2 Å². The van der Waals surface area contributed by atoms with Gasteiger partial charge >= 0.3 is 0 Å². The first kappa shape index (κ1) is 36.4. The standard InChI is InChI=1S/CH4O.Al.2ClH.3H/c1-2;;;;;;/h2H,1H3;;2*1H;;;. The summed E-state index contributed by atoms with van der Waals surface area (Å²) in [7, 11) is 1.00. The average molecular weight is 135 g/mol. The van der Waals surface area contributed by atoms with Crippen molar-refractivity contribution in [1.29, 1.82) is 0 Å². The van der Waals surface area contributed by atoms with Crippen LogP contribution >= 0.6 is 24.8 Å². The van der Waals surface area contributed by atoms with E-state index in [2.05, 4.69) is 0 Å². The predicted molar refractivity (Wildman–Crippen MR) is 32.6 cm³/mol. The van der Waals surface area contributed by atoms with Crippen LogP contribution in [0.25, 0.3) is 0 Å². The van der Waals surface area contributed by atoms with Crippen molar-refractivity contribution < 1.29 is 5.11 Å². The zero-order valence-corrected chi connectivity index (χ0v) is 3.90. The van der Waals surface area contributed by atoms with Crippen molar-refractivity contribution in [2.75, 3.05) is 7.11 Å². The molecule has 0 atom stereocenters. The molecule has 0 unspecified atom stereocenters. The van der Waals surface area contributed by atoms with Crippen molar-refractivity contribution in [3.05, 3.63) is 0 Å². The highest BCUT2D eigenvalue weighted by Crippen LogP contribution is 0.755. The Balaban J connectivity index is -0.00000000167. The van der Waals surface area contributed by atoms with Gasteiger partial charge < -0.3 is 5.11 Å². The van der Waals surface area contributed by atoms with Crippen molar-refractivity contribution in [2.45, 2.75) is 0 Å². The van der Waals surface area contributed by atoms with Gasteiger partial charge in [0.2, 0.25) is 0 Å². The minimum absolute atomic E-state index is 0. The Morgan fingerprint density at radius 2 is 1.00 bits per heavy atom. The second-order valence-corrected chi connectivity index (χ2v) is 0. The van der Waals surface area contributed by atoms with Crippen LogP contribution in [-0.2, 0) is 0 Å². The molecule has 0 aliphatic heterocycles. The number of aliphatic hydroxyl groups excluding tert-OH is 1. The summed E-state index contributed by atoms with van der Waals surface area (Å²) in [5, 5.41) is 7.00. The van der Waals surface area contributed by atoms with Gasteiger partial charge in [0, 0.05) is 7.11 Å². The normalized spacial score (nSPS) is 1.20. The third kappa shape index (κ3) is 41.6. The molecule has 0 saturated carbocycles. The fraction of sp³-hybridized carbons (Fsp3) is 1.00. The van der Waals surface area contributed by atoms with Crippen LogP contribution in [-0.4, -0.2) is 29.6 Å². The topological polar surface area (TPSA) is 20.2 Å². The van der Waals surface area contributed by atoms with Crippen molar-refractivity contribution in [3.8, 4) is 0 Å². The zero-order valence-electron chi connectivity index (χ0n) is 2.26. The van der Waals surface area contributed by atoms with Gasteiger partial charge in [-0.05, 0) is 0 Å². The first-order valence-corrected chi connectivity index (χ1v) is 0.447. The lowest BCUT2D eigenvalue weighted by Crippen LogP contribution is -1.25. The first-order valence-electron chi connectivity index (χ1n) is 0.447. The Morgan fingerprint density at radius 3 is 1.00 bits per heavy atom. The smallest absolute Gasteiger partial charge is 0.187 e. The summed E-state index contributed by atoms with van der Waals surface area (Å²) in [6, 6.07) is 0. The summed E-state index contributed by atoms with van der Waals surface area (Å²) in [4.78, 5) is 0. The molecule has 0 heterocycles. The molecule has 0 spiro atoms. The van der Waals surface area contributed by atoms with Gasteiger partial charge in [-0.2, -0.15) is 0 Å². The highest BCUT2D eigenvalue weighted by atomic mass is 35.5. The van der Waals surface area contributed by atoms with Gasteiger partial charge in [0.25, 0.3) is 0 Å². The van der Waals surface area contributed by atoms with Crippen LogP contribution < -0.4 is 0 Å². The van der Waals surface area contributed by atoms with Gasteiger partial charge in [0.1, 0.15) is 0 Å². The molecule has 0 aromatic carbocycles. The molecule has 0 amide bonds. The molecule has 0 radical (unpaired) electrons. The summed E-state index contributed by atoms with van der Waals surface area (Å²) >= 11 is 0. The summed E-state index contributed by atoms with van der Waals surface area (Å²) in [5.74, 6) is 0. The molecule has 0 aromatic rings. The fourth-order valence-corrected chi connectivity index (χ4v) is 0. The molecular weight excluding hydrogens is 126 g/mol. The monoisotopic (exact) mass is 134 g/mol. The Morgan fingerprint density at radius 1 is 1.00 bits per heavy atom. The molecule has 0 bridgehead atoms. The SMILES string of the molecule is CO.Cl.Cl.[AlH3]. The van der Waals surface area contributed by atoms with Gasteiger partial charge in [-0.15, -0.1) is 24.8 Å². The largest absolute Gasteiger partial charge is 0.400 e. The van der Waals surface area contributed by atoms with Gasteiger partial charge in [-0.25, -0.2) is 0 Å². The number of aliphatic hydroxyl groups is 1. The van der Waals surface area contributed by atoms with Gasteiger partial charge in [0.05, 0.1) is 0 Å². The molecule has 0 saturated heterocycles. The lowest BCUT2D eigenvalue weighted by atomic mass is 11.8. The fourth-order valence-electron chi connectivity index (χ4n) is 0. The van der Waals surface area contributed by atoms with E-state index < -0.39 is 0 Å². The van der Waals surface area contributed by atoms with E-state index in [0.29, 0.717) is 0 Å². The van der Waals surface area contributed by atoms with Gasteiger partial charge in [0.15, 0.2) is 17.4 Å². The van der Waals surface area contributed by atoms with E-state index >= 15 is 0 Å². The number of hydrogen-bond donors (Lipinski definition) is 1. The van der Waals surface area contributed by atoms with Gasteiger partial charge in [-0.3, -0.25) is 0 Å².